The Morgan fingerprint density at radius 3 is 2.44 bits per heavy atom. The molecule has 0 unspecified atom stereocenters. The molecular formula is C20H14F3NO2S. The van der Waals surface area contributed by atoms with Crippen LogP contribution >= 0.6 is 11.3 Å². The van der Waals surface area contributed by atoms with Gasteiger partial charge in [0.2, 0.25) is 0 Å². The average molecular weight is 389 g/mol. The molecule has 7 heteroatoms. The van der Waals surface area contributed by atoms with Crippen LogP contribution in [0.5, 0.6) is 0 Å². The summed E-state index contributed by atoms with van der Waals surface area (Å²) >= 11 is 1.27. The lowest BCUT2D eigenvalue weighted by molar-refractivity contribution is -0.137. The van der Waals surface area contributed by atoms with E-state index in [0.717, 1.165) is 12.1 Å². The summed E-state index contributed by atoms with van der Waals surface area (Å²) in [5.74, 6) is -0.722. The summed E-state index contributed by atoms with van der Waals surface area (Å²) in [6.07, 6.45) is -4.67. The molecule has 138 valence electrons. The van der Waals surface area contributed by atoms with E-state index in [0.29, 0.717) is 10.6 Å². The van der Waals surface area contributed by atoms with Gasteiger partial charge in [0.25, 0.3) is 5.91 Å². The van der Waals surface area contributed by atoms with Gasteiger partial charge in [0, 0.05) is 12.0 Å². The summed E-state index contributed by atoms with van der Waals surface area (Å²) < 4.78 is 38.5. The SMILES string of the molecule is O=C(Nc1ccccc1C(=O)Cc1cccc(C(F)(F)F)c1)c1cccs1. The van der Waals surface area contributed by atoms with E-state index in [2.05, 4.69) is 5.32 Å². The first-order valence-electron chi connectivity index (χ1n) is 7.98. The van der Waals surface area contributed by atoms with E-state index in [1.807, 2.05) is 0 Å². The summed E-state index contributed by atoms with van der Waals surface area (Å²) in [5, 5.41) is 4.45. The van der Waals surface area contributed by atoms with Crippen molar-refractivity contribution in [1.82, 2.24) is 0 Å². The Balaban J connectivity index is 1.81. The fourth-order valence-corrected chi connectivity index (χ4v) is 3.18. The van der Waals surface area contributed by atoms with Crippen LogP contribution in [0.25, 0.3) is 0 Å². The Kier molecular flexibility index (Phi) is 5.41. The molecule has 0 bridgehead atoms. The molecule has 0 saturated carbocycles. The third-order valence-electron chi connectivity index (χ3n) is 3.84. The van der Waals surface area contributed by atoms with Crippen molar-refractivity contribution in [3.63, 3.8) is 0 Å². The van der Waals surface area contributed by atoms with E-state index in [1.54, 1.807) is 41.8 Å². The van der Waals surface area contributed by atoms with Crippen LogP contribution in [0.4, 0.5) is 18.9 Å². The van der Waals surface area contributed by atoms with Crippen LogP contribution in [-0.2, 0) is 12.6 Å². The van der Waals surface area contributed by atoms with Crippen LogP contribution in [0.15, 0.2) is 66.0 Å². The van der Waals surface area contributed by atoms with Crippen LogP contribution in [0.3, 0.4) is 0 Å². The number of halogens is 3. The maximum Gasteiger partial charge on any atom is 0.416 e. The van der Waals surface area contributed by atoms with Crippen molar-refractivity contribution in [2.45, 2.75) is 12.6 Å². The first-order valence-corrected chi connectivity index (χ1v) is 8.86. The highest BCUT2D eigenvalue weighted by Gasteiger charge is 2.30. The summed E-state index contributed by atoms with van der Waals surface area (Å²) in [4.78, 5) is 25.4. The molecule has 0 aliphatic carbocycles. The number of alkyl halides is 3. The molecule has 1 N–H and O–H groups in total. The molecule has 2 aromatic carbocycles. The fourth-order valence-electron chi connectivity index (χ4n) is 2.57. The number of benzene rings is 2. The molecule has 0 saturated heterocycles. The third-order valence-corrected chi connectivity index (χ3v) is 4.71. The van der Waals surface area contributed by atoms with E-state index >= 15 is 0 Å². The van der Waals surface area contributed by atoms with Crippen LogP contribution in [0, 0.1) is 0 Å². The van der Waals surface area contributed by atoms with E-state index in [-0.39, 0.29) is 29.2 Å². The van der Waals surface area contributed by atoms with Crippen LogP contribution in [0.2, 0.25) is 0 Å². The van der Waals surface area contributed by atoms with Crippen LogP contribution < -0.4 is 5.32 Å². The molecule has 3 nitrogen and oxygen atoms in total. The smallest absolute Gasteiger partial charge is 0.321 e. The zero-order valence-corrected chi connectivity index (χ0v) is 14.7. The minimum Gasteiger partial charge on any atom is -0.321 e. The van der Waals surface area contributed by atoms with Crippen molar-refractivity contribution >= 4 is 28.7 Å². The summed E-state index contributed by atoms with van der Waals surface area (Å²) in [6.45, 7) is 0. The number of carbonyl (C=O) groups is 2. The Morgan fingerprint density at radius 1 is 0.963 bits per heavy atom. The summed E-state index contributed by atoms with van der Waals surface area (Å²) in [7, 11) is 0. The predicted molar refractivity (Wildman–Crippen MR) is 98.2 cm³/mol. The van der Waals surface area contributed by atoms with Gasteiger partial charge in [0.05, 0.1) is 16.1 Å². The minimum absolute atomic E-state index is 0.199. The Hall–Kier alpha value is -2.93. The van der Waals surface area contributed by atoms with Crippen molar-refractivity contribution in [2.75, 3.05) is 5.32 Å². The van der Waals surface area contributed by atoms with Gasteiger partial charge in [-0.25, -0.2) is 0 Å². The van der Waals surface area contributed by atoms with Gasteiger partial charge in [-0.05, 0) is 35.2 Å². The molecule has 0 aliphatic rings. The highest BCUT2D eigenvalue weighted by molar-refractivity contribution is 7.12. The van der Waals surface area contributed by atoms with E-state index in [4.69, 9.17) is 0 Å². The highest BCUT2D eigenvalue weighted by Crippen LogP contribution is 2.30. The third kappa shape index (κ3) is 4.62. The lowest BCUT2D eigenvalue weighted by Gasteiger charge is -2.11. The van der Waals surface area contributed by atoms with E-state index < -0.39 is 11.7 Å². The molecule has 0 atom stereocenters. The zero-order chi connectivity index (χ0) is 19.4. The fraction of sp³-hybridized carbons (Fsp3) is 0.100. The quantitative estimate of drug-likeness (QED) is 0.590. The van der Waals surface area contributed by atoms with Gasteiger partial charge < -0.3 is 5.32 Å². The predicted octanol–water partition coefficient (Wildman–Crippen LogP) is 5.44. The number of ketones is 1. The number of rotatable bonds is 5. The number of thiophene rings is 1. The first kappa shape index (κ1) is 18.8. The molecule has 0 spiro atoms. The van der Waals surface area contributed by atoms with Crippen molar-refractivity contribution in [2.24, 2.45) is 0 Å². The van der Waals surface area contributed by atoms with Crippen molar-refractivity contribution in [3.8, 4) is 0 Å². The molecule has 1 amide bonds. The monoisotopic (exact) mass is 389 g/mol. The van der Waals surface area contributed by atoms with E-state index in [1.165, 1.54) is 23.5 Å². The number of para-hydroxylation sites is 1. The maximum atomic E-state index is 12.8. The largest absolute Gasteiger partial charge is 0.416 e. The minimum atomic E-state index is -4.47. The van der Waals surface area contributed by atoms with Crippen molar-refractivity contribution < 1.29 is 22.8 Å². The van der Waals surface area contributed by atoms with Gasteiger partial charge >= 0.3 is 6.18 Å². The molecule has 1 heterocycles. The Bertz CT molecular complexity index is 965. The second kappa shape index (κ2) is 7.75. The van der Waals surface area contributed by atoms with Gasteiger partial charge in [-0.15, -0.1) is 11.3 Å². The standard InChI is InChI=1S/C20H14F3NO2S/c21-20(22,23)14-6-3-5-13(11-14)12-17(25)15-7-1-2-8-16(15)24-19(26)18-9-4-10-27-18/h1-11H,12H2,(H,24,26). The second-order valence-corrected chi connectivity index (χ2v) is 6.72. The number of carbonyl (C=O) groups excluding carboxylic acids is 2. The maximum absolute atomic E-state index is 12.8. The molecule has 3 rings (SSSR count). The van der Waals surface area contributed by atoms with Gasteiger partial charge in [-0.1, -0.05) is 36.4 Å². The van der Waals surface area contributed by atoms with Gasteiger partial charge in [-0.2, -0.15) is 13.2 Å². The molecule has 27 heavy (non-hydrogen) atoms. The number of nitrogens with one attached hydrogen (secondary N) is 1. The van der Waals surface area contributed by atoms with Crippen LogP contribution in [-0.4, -0.2) is 11.7 Å². The summed E-state index contributed by atoms with van der Waals surface area (Å²) in [6, 6.07) is 14.5. The average Bonchev–Trinajstić information content (AvgIpc) is 3.16. The number of anilines is 1. The second-order valence-electron chi connectivity index (χ2n) is 5.78. The number of hydrogen-bond acceptors (Lipinski definition) is 3. The first-order chi connectivity index (χ1) is 12.8. The van der Waals surface area contributed by atoms with Crippen LogP contribution in [0.1, 0.15) is 31.2 Å². The lowest BCUT2D eigenvalue weighted by Crippen LogP contribution is -2.14. The van der Waals surface area contributed by atoms with E-state index in [9.17, 15) is 22.8 Å². The van der Waals surface area contributed by atoms with Gasteiger partial charge in [0.15, 0.2) is 5.78 Å². The molecule has 1 aromatic heterocycles. The zero-order valence-electron chi connectivity index (χ0n) is 13.9. The molecule has 0 aliphatic heterocycles. The Morgan fingerprint density at radius 2 is 1.74 bits per heavy atom. The van der Waals surface area contributed by atoms with Crippen molar-refractivity contribution in [3.05, 3.63) is 87.6 Å². The number of amides is 1. The van der Waals surface area contributed by atoms with Crippen molar-refractivity contribution in [1.29, 1.82) is 0 Å². The molecule has 0 radical (unpaired) electrons. The lowest BCUT2D eigenvalue weighted by atomic mass is 10.00. The highest BCUT2D eigenvalue weighted by atomic mass is 32.1. The number of Topliss-reactive ketones (excluding diaryl/α,β-unsaturated/α-hetero) is 1. The normalized spacial score (nSPS) is 11.2. The molecular weight excluding hydrogens is 375 g/mol. The Labute approximate surface area is 157 Å². The topological polar surface area (TPSA) is 46.2 Å². The number of hydrogen-bond donors (Lipinski definition) is 1. The van der Waals surface area contributed by atoms with Gasteiger partial charge in [0.1, 0.15) is 0 Å². The molecule has 0 fully saturated rings. The summed E-state index contributed by atoms with van der Waals surface area (Å²) in [5.41, 5.74) is 0.0361. The van der Waals surface area contributed by atoms with Gasteiger partial charge in [-0.3, -0.25) is 9.59 Å². The molecule has 3 aromatic rings.